The Hall–Kier alpha value is -2.05. The first-order valence-electron chi connectivity index (χ1n) is 8.86. The Morgan fingerprint density at radius 1 is 1.28 bits per heavy atom. The lowest BCUT2D eigenvalue weighted by Gasteiger charge is -2.32. The van der Waals surface area contributed by atoms with E-state index >= 15 is 0 Å². The maximum absolute atomic E-state index is 14.0. The van der Waals surface area contributed by atoms with E-state index in [1.54, 1.807) is 12.3 Å². The first kappa shape index (κ1) is 16.4. The highest BCUT2D eigenvalue weighted by Crippen LogP contribution is 2.26. The zero-order valence-corrected chi connectivity index (χ0v) is 14.2. The lowest BCUT2D eigenvalue weighted by atomic mass is 10.1. The van der Waals surface area contributed by atoms with Gasteiger partial charge in [-0.25, -0.2) is 4.39 Å². The predicted molar refractivity (Wildman–Crippen MR) is 92.5 cm³/mol. The molecule has 1 atom stereocenters. The number of benzene rings is 1. The van der Waals surface area contributed by atoms with Gasteiger partial charge in [-0.2, -0.15) is 0 Å². The van der Waals surface area contributed by atoms with Gasteiger partial charge in [0, 0.05) is 31.2 Å². The number of morpholine rings is 1. The fraction of sp³-hybridized carbons (Fsp3) is 0.474. The molecule has 132 valence electrons. The number of pyridine rings is 1. The van der Waals surface area contributed by atoms with Gasteiger partial charge >= 0.3 is 0 Å². The molecular weight excluding hydrogens is 321 g/mol. The molecule has 1 aromatic carbocycles. The maximum Gasteiger partial charge on any atom is 0.240 e. The lowest BCUT2D eigenvalue weighted by molar-refractivity contribution is -0.140. The van der Waals surface area contributed by atoms with E-state index < -0.39 is 0 Å². The van der Waals surface area contributed by atoms with Crippen LogP contribution in [0.1, 0.15) is 18.4 Å². The minimum Gasteiger partial charge on any atom is -0.378 e. The van der Waals surface area contributed by atoms with Gasteiger partial charge in [0.1, 0.15) is 5.82 Å². The van der Waals surface area contributed by atoms with Crippen LogP contribution in [0.4, 0.5) is 4.39 Å². The number of hydrogen-bond donors (Lipinski definition) is 0. The second-order valence-corrected chi connectivity index (χ2v) is 6.71. The number of ether oxygens (including phenoxy) is 1. The molecule has 1 amide bonds. The molecule has 0 saturated carbocycles. The van der Waals surface area contributed by atoms with Gasteiger partial charge in [-0.1, -0.05) is 6.07 Å². The third-order valence-corrected chi connectivity index (χ3v) is 5.09. The highest BCUT2D eigenvalue weighted by atomic mass is 19.1. The Kier molecular flexibility index (Phi) is 4.63. The third-order valence-electron chi connectivity index (χ3n) is 5.09. The maximum atomic E-state index is 14.0. The van der Waals surface area contributed by atoms with Crippen molar-refractivity contribution in [3.63, 3.8) is 0 Å². The van der Waals surface area contributed by atoms with Crippen LogP contribution in [0.15, 0.2) is 30.5 Å². The summed E-state index contributed by atoms with van der Waals surface area (Å²) in [6.45, 7) is 3.94. The van der Waals surface area contributed by atoms with Crippen LogP contribution in [-0.2, 0) is 16.1 Å². The first-order valence-corrected chi connectivity index (χ1v) is 8.86. The first-order chi connectivity index (χ1) is 12.2. The topological polar surface area (TPSA) is 45.7 Å². The molecule has 0 unspecified atom stereocenters. The molecule has 0 radical (unpaired) electrons. The van der Waals surface area contributed by atoms with E-state index in [0.29, 0.717) is 32.8 Å². The Labute approximate surface area is 146 Å². The van der Waals surface area contributed by atoms with E-state index in [0.717, 1.165) is 35.9 Å². The van der Waals surface area contributed by atoms with Crippen molar-refractivity contribution in [2.45, 2.75) is 25.4 Å². The van der Waals surface area contributed by atoms with Gasteiger partial charge in [0.05, 0.1) is 24.8 Å². The Morgan fingerprint density at radius 3 is 2.96 bits per heavy atom. The summed E-state index contributed by atoms with van der Waals surface area (Å²) in [6, 6.07) is 6.61. The minimum atomic E-state index is -0.259. The average molecular weight is 343 g/mol. The van der Waals surface area contributed by atoms with Gasteiger partial charge in [-0.3, -0.25) is 14.7 Å². The molecule has 6 heteroatoms. The van der Waals surface area contributed by atoms with Crippen molar-refractivity contribution in [2.24, 2.45) is 0 Å². The third kappa shape index (κ3) is 3.37. The quantitative estimate of drug-likeness (QED) is 0.857. The van der Waals surface area contributed by atoms with Crippen molar-refractivity contribution >= 4 is 16.8 Å². The Bertz CT molecular complexity index is 776. The molecule has 4 rings (SSSR count). The summed E-state index contributed by atoms with van der Waals surface area (Å²) in [6.07, 6.45) is 3.57. The molecule has 2 aromatic rings. The van der Waals surface area contributed by atoms with E-state index in [2.05, 4.69) is 9.88 Å². The number of fused-ring (bicyclic) bond motifs is 1. The van der Waals surface area contributed by atoms with Crippen LogP contribution in [-0.4, -0.2) is 59.6 Å². The number of carbonyl (C=O) groups is 1. The molecule has 0 aliphatic carbocycles. The summed E-state index contributed by atoms with van der Waals surface area (Å²) >= 11 is 0. The highest BCUT2D eigenvalue weighted by Gasteiger charge is 2.34. The largest absolute Gasteiger partial charge is 0.378 e. The van der Waals surface area contributed by atoms with Gasteiger partial charge in [0.2, 0.25) is 5.91 Å². The van der Waals surface area contributed by atoms with Gasteiger partial charge in [0.15, 0.2) is 0 Å². The second-order valence-electron chi connectivity index (χ2n) is 6.71. The van der Waals surface area contributed by atoms with Crippen molar-refractivity contribution in [1.29, 1.82) is 0 Å². The van der Waals surface area contributed by atoms with Crippen LogP contribution in [0.2, 0.25) is 0 Å². The molecule has 0 spiro atoms. The summed E-state index contributed by atoms with van der Waals surface area (Å²) in [4.78, 5) is 21.4. The van der Waals surface area contributed by atoms with Crippen molar-refractivity contribution in [3.05, 3.63) is 41.8 Å². The molecular formula is C19H22FN3O2. The Balaban J connectivity index is 1.56. The van der Waals surface area contributed by atoms with Crippen LogP contribution >= 0.6 is 0 Å². The molecule has 1 aromatic heterocycles. The SMILES string of the molecule is O=C([C@H]1CCCN1Cc1cc(F)cc2cccnc12)N1CCOCC1. The average Bonchev–Trinajstić information content (AvgIpc) is 3.10. The van der Waals surface area contributed by atoms with E-state index in [1.165, 1.54) is 6.07 Å². The summed E-state index contributed by atoms with van der Waals surface area (Å²) in [5.41, 5.74) is 1.66. The predicted octanol–water partition coefficient (Wildman–Crippen LogP) is 2.20. The zero-order chi connectivity index (χ0) is 17.2. The van der Waals surface area contributed by atoms with E-state index in [1.807, 2.05) is 17.0 Å². The van der Waals surface area contributed by atoms with E-state index in [-0.39, 0.29) is 17.8 Å². The molecule has 0 bridgehead atoms. The van der Waals surface area contributed by atoms with Crippen molar-refractivity contribution in [2.75, 3.05) is 32.8 Å². The van der Waals surface area contributed by atoms with Gasteiger partial charge in [-0.05, 0) is 43.1 Å². The molecule has 5 nitrogen and oxygen atoms in total. The molecule has 2 fully saturated rings. The molecule has 2 aliphatic heterocycles. The summed E-state index contributed by atoms with van der Waals surface area (Å²) < 4.78 is 19.3. The number of nitrogens with zero attached hydrogens (tertiary/aromatic N) is 3. The van der Waals surface area contributed by atoms with Crippen molar-refractivity contribution < 1.29 is 13.9 Å². The number of amides is 1. The number of rotatable bonds is 3. The molecule has 0 N–H and O–H groups in total. The van der Waals surface area contributed by atoms with E-state index in [9.17, 15) is 9.18 Å². The number of carbonyl (C=O) groups excluding carboxylic acids is 1. The fourth-order valence-electron chi connectivity index (χ4n) is 3.86. The van der Waals surface area contributed by atoms with Crippen LogP contribution in [0.3, 0.4) is 0 Å². The minimum absolute atomic E-state index is 0.125. The van der Waals surface area contributed by atoms with Crippen molar-refractivity contribution in [1.82, 2.24) is 14.8 Å². The number of hydrogen-bond acceptors (Lipinski definition) is 4. The van der Waals surface area contributed by atoms with E-state index in [4.69, 9.17) is 4.74 Å². The van der Waals surface area contributed by atoms with Gasteiger partial charge < -0.3 is 9.64 Å². The highest BCUT2D eigenvalue weighted by molar-refractivity contribution is 5.83. The van der Waals surface area contributed by atoms with Crippen LogP contribution in [0.5, 0.6) is 0 Å². The standard InChI is InChI=1S/C19H22FN3O2/c20-16-11-14-3-1-5-21-18(14)15(12-16)13-23-6-2-4-17(23)19(24)22-7-9-25-10-8-22/h1,3,5,11-12,17H,2,4,6-10,13H2/t17-/m1/s1. The van der Waals surface area contributed by atoms with Crippen LogP contribution < -0.4 is 0 Å². The molecule has 2 aliphatic rings. The zero-order valence-electron chi connectivity index (χ0n) is 14.2. The smallest absolute Gasteiger partial charge is 0.240 e. The molecule has 2 saturated heterocycles. The number of likely N-dealkylation sites (tertiary alicyclic amines) is 1. The van der Waals surface area contributed by atoms with Crippen LogP contribution in [0.25, 0.3) is 10.9 Å². The lowest BCUT2D eigenvalue weighted by Crippen LogP contribution is -2.49. The number of aromatic nitrogens is 1. The molecule has 3 heterocycles. The van der Waals surface area contributed by atoms with Crippen LogP contribution in [0, 0.1) is 5.82 Å². The normalized spacial score (nSPS) is 21.8. The Morgan fingerprint density at radius 2 is 2.12 bits per heavy atom. The summed E-state index contributed by atoms with van der Waals surface area (Å²) in [5.74, 6) is -0.0831. The fourth-order valence-corrected chi connectivity index (χ4v) is 3.86. The summed E-state index contributed by atoms with van der Waals surface area (Å²) in [5, 5.41) is 0.799. The number of halogens is 1. The van der Waals surface area contributed by atoms with Gasteiger partial charge in [-0.15, -0.1) is 0 Å². The monoisotopic (exact) mass is 343 g/mol. The van der Waals surface area contributed by atoms with Gasteiger partial charge in [0.25, 0.3) is 0 Å². The second kappa shape index (κ2) is 7.06. The summed E-state index contributed by atoms with van der Waals surface area (Å²) in [7, 11) is 0. The van der Waals surface area contributed by atoms with Crippen molar-refractivity contribution in [3.8, 4) is 0 Å². The molecule has 25 heavy (non-hydrogen) atoms.